The van der Waals surface area contributed by atoms with E-state index >= 15 is 0 Å². The number of carbonyl (C=O) groups is 1. The average Bonchev–Trinajstić information content (AvgIpc) is 3.10. The van der Waals surface area contributed by atoms with Gasteiger partial charge in [0, 0.05) is 10.6 Å². The number of aromatic nitrogens is 2. The maximum Gasteiger partial charge on any atom is 0.266 e. The fourth-order valence-corrected chi connectivity index (χ4v) is 3.36. The van der Waals surface area contributed by atoms with E-state index in [0.717, 1.165) is 5.56 Å². The van der Waals surface area contributed by atoms with Gasteiger partial charge in [0.25, 0.3) is 5.91 Å². The largest absolute Gasteiger partial charge is 0.481 e. The first-order chi connectivity index (χ1) is 13.2. The third-order valence-electron chi connectivity index (χ3n) is 4.15. The Hall–Kier alpha value is -2.44. The van der Waals surface area contributed by atoms with Crippen LogP contribution in [0.2, 0.25) is 5.02 Å². The molecule has 0 radical (unpaired) electrons. The lowest BCUT2D eigenvalue weighted by atomic mass is 9.87. The summed E-state index contributed by atoms with van der Waals surface area (Å²) in [6.45, 7) is 8.16. The van der Waals surface area contributed by atoms with Crippen LogP contribution < -0.4 is 10.1 Å². The Morgan fingerprint density at radius 2 is 1.71 bits per heavy atom. The predicted octanol–water partition coefficient (Wildman–Crippen LogP) is 5.56. The molecule has 3 rings (SSSR count). The molecule has 0 fully saturated rings. The molecule has 2 aromatic carbocycles. The number of ether oxygens (including phenoxy) is 1. The van der Waals surface area contributed by atoms with Crippen LogP contribution >= 0.6 is 22.9 Å². The van der Waals surface area contributed by atoms with Crippen molar-refractivity contribution in [3.63, 3.8) is 0 Å². The van der Waals surface area contributed by atoms with Gasteiger partial charge in [0.2, 0.25) is 5.13 Å². The summed E-state index contributed by atoms with van der Waals surface area (Å²) in [5.41, 5.74) is 2.17. The van der Waals surface area contributed by atoms with Crippen molar-refractivity contribution in [1.82, 2.24) is 10.2 Å². The lowest BCUT2D eigenvalue weighted by molar-refractivity contribution is -0.122. The van der Waals surface area contributed by atoms with Crippen LogP contribution in [0.15, 0.2) is 48.5 Å². The standard InChI is InChI=1S/C21H22ClN3O2S/c1-13(27-17-11-7-15(8-12-17)21(2,3)4)18(26)23-20-25-24-19(28-20)14-5-9-16(22)10-6-14/h5-13H,1-4H3,(H,23,25,26). The number of hydrogen-bond donors (Lipinski definition) is 1. The summed E-state index contributed by atoms with van der Waals surface area (Å²) >= 11 is 7.20. The normalized spacial score (nSPS) is 12.5. The molecule has 0 aliphatic carbocycles. The number of rotatable bonds is 5. The molecule has 1 aromatic heterocycles. The van der Waals surface area contributed by atoms with Crippen molar-refractivity contribution in [2.24, 2.45) is 0 Å². The van der Waals surface area contributed by atoms with E-state index in [1.807, 2.05) is 36.4 Å². The Balaban J connectivity index is 1.61. The second kappa shape index (κ2) is 8.29. The first-order valence-electron chi connectivity index (χ1n) is 8.90. The smallest absolute Gasteiger partial charge is 0.266 e. The number of nitrogens with zero attached hydrogens (tertiary/aromatic N) is 2. The van der Waals surface area contributed by atoms with Crippen LogP contribution in [-0.2, 0) is 10.2 Å². The Morgan fingerprint density at radius 1 is 1.07 bits per heavy atom. The number of halogens is 1. The van der Waals surface area contributed by atoms with Gasteiger partial charge < -0.3 is 4.74 Å². The minimum absolute atomic E-state index is 0.0706. The third-order valence-corrected chi connectivity index (χ3v) is 5.29. The van der Waals surface area contributed by atoms with E-state index in [0.29, 0.717) is 20.9 Å². The SMILES string of the molecule is CC(Oc1ccc(C(C)(C)C)cc1)C(=O)Nc1nnc(-c2ccc(Cl)cc2)s1. The van der Waals surface area contributed by atoms with Crippen molar-refractivity contribution in [1.29, 1.82) is 0 Å². The van der Waals surface area contributed by atoms with Gasteiger partial charge in [0.15, 0.2) is 6.10 Å². The predicted molar refractivity (Wildman–Crippen MR) is 114 cm³/mol. The van der Waals surface area contributed by atoms with E-state index in [-0.39, 0.29) is 11.3 Å². The summed E-state index contributed by atoms with van der Waals surface area (Å²) in [7, 11) is 0. The molecule has 0 spiro atoms. The van der Waals surface area contributed by atoms with Crippen LogP contribution in [0, 0.1) is 0 Å². The second-order valence-electron chi connectivity index (χ2n) is 7.44. The number of anilines is 1. The molecular weight excluding hydrogens is 394 g/mol. The topological polar surface area (TPSA) is 64.1 Å². The van der Waals surface area contributed by atoms with Crippen LogP contribution in [0.1, 0.15) is 33.3 Å². The molecule has 0 aliphatic rings. The molecular formula is C21H22ClN3O2S. The van der Waals surface area contributed by atoms with Gasteiger partial charge in [-0.3, -0.25) is 10.1 Å². The van der Waals surface area contributed by atoms with E-state index in [1.54, 1.807) is 19.1 Å². The van der Waals surface area contributed by atoms with Gasteiger partial charge in [-0.05, 0) is 42.2 Å². The van der Waals surface area contributed by atoms with Gasteiger partial charge in [-0.2, -0.15) is 0 Å². The molecule has 5 nitrogen and oxygen atoms in total. The van der Waals surface area contributed by atoms with E-state index in [1.165, 1.54) is 16.9 Å². The highest BCUT2D eigenvalue weighted by atomic mass is 35.5. The first kappa shape index (κ1) is 20.3. The number of nitrogens with one attached hydrogen (secondary N) is 1. The van der Waals surface area contributed by atoms with Crippen molar-refractivity contribution in [3.05, 3.63) is 59.1 Å². The summed E-state index contributed by atoms with van der Waals surface area (Å²) in [5.74, 6) is 0.369. The van der Waals surface area contributed by atoms with Crippen LogP contribution in [0.4, 0.5) is 5.13 Å². The molecule has 146 valence electrons. The molecule has 0 saturated carbocycles. The maximum absolute atomic E-state index is 12.4. The van der Waals surface area contributed by atoms with E-state index in [4.69, 9.17) is 16.3 Å². The van der Waals surface area contributed by atoms with E-state index in [2.05, 4.69) is 36.3 Å². The molecule has 0 aliphatic heterocycles. The summed E-state index contributed by atoms with van der Waals surface area (Å²) in [4.78, 5) is 12.4. The Morgan fingerprint density at radius 3 is 2.32 bits per heavy atom. The van der Waals surface area contributed by atoms with Crippen molar-refractivity contribution in [2.45, 2.75) is 39.2 Å². The molecule has 1 N–H and O–H groups in total. The summed E-state index contributed by atoms with van der Waals surface area (Å²) < 4.78 is 5.75. The minimum Gasteiger partial charge on any atom is -0.481 e. The zero-order valence-corrected chi connectivity index (χ0v) is 17.8. The monoisotopic (exact) mass is 415 g/mol. The lowest BCUT2D eigenvalue weighted by Gasteiger charge is -2.20. The fourth-order valence-electron chi connectivity index (χ4n) is 2.48. The Labute approximate surface area is 173 Å². The van der Waals surface area contributed by atoms with Crippen LogP contribution in [0.5, 0.6) is 5.75 Å². The van der Waals surface area contributed by atoms with Crippen molar-refractivity contribution in [2.75, 3.05) is 5.32 Å². The number of benzene rings is 2. The molecule has 1 heterocycles. The highest BCUT2D eigenvalue weighted by molar-refractivity contribution is 7.18. The summed E-state index contributed by atoms with van der Waals surface area (Å²) in [6.07, 6.45) is -0.664. The second-order valence-corrected chi connectivity index (χ2v) is 8.86. The molecule has 0 bridgehead atoms. The van der Waals surface area contributed by atoms with Crippen LogP contribution in [0.3, 0.4) is 0 Å². The quantitative estimate of drug-likeness (QED) is 0.592. The van der Waals surface area contributed by atoms with E-state index in [9.17, 15) is 4.79 Å². The highest BCUT2D eigenvalue weighted by Crippen LogP contribution is 2.28. The van der Waals surface area contributed by atoms with Gasteiger partial charge in [0.1, 0.15) is 10.8 Å². The molecule has 1 atom stereocenters. The summed E-state index contributed by atoms with van der Waals surface area (Å²) in [5, 5.41) is 12.7. The molecule has 3 aromatic rings. The minimum atomic E-state index is -0.664. The van der Waals surface area contributed by atoms with Gasteiger partial charge >= 0.3 is 0 Å². The Bertz CT molecular complexity index is 947. The van der Waals surface area contributed by atoms with Gasteiger partial charge in [0.05, 0.1) is 0 Å². The van der Waals surface area contributed by atoms with Crippen molar-refractivity contribution >= 4 is 34.0 Å². The van der Waals surface area contributed by atoms with Gasteiger partial charge in [-0.15, -0.1) is 10.2 Å². The Kier molecular flexibility index (Phi) is 6.01. The van der Waals surface area contributed by atoms with Gasteiger partial charge in [-0.1, -0.05) is 68.0 Å². The molecule has 0 saturated heterocycles. The number of carbonyl (C=O) groups excluding carboxylic acids is 1. The maximum atomic E-state index is 12.4. The zero-order valence-electron chi connectivity index (χ0n) is 16.2. The molecule has 7 heteroatoms. The van der Waals surface area contributed by atoms with Crippen molar-refractivity contribution in [3.8, 4) is 16.3 Å². The lowest BCUT2D eigenvalue weighted by Crippen LogP contribution is -2.30. The first-order valence-corrected chi connectivity index (χ1v) is 10.1. The number of amides is 1. The molecule has 28 heavy (non-hydrogen) atoms. The fraction of sp³-hybridized carbons (Fsp3) is 0.286. The van der Waals surface area contributed by atoms with E-state index < -0.39 is 6.10 Å². The molecule has 1 amide bonds. The number of hydrogen-bond acceptors (Lipinski definition) is 5. The summed E-state index contributed by atoms with van der Waals surface area (Å²) in [6, 6.07) is 15.1. The van der Waals surface area contributed by atoms with Crippen LogP contribution in [0.25, 0.3) is 10.6 Å². The van der Waals surface area contributed by atoms with Crippen LogP contribution in [-0.4, -0.2) is 22.2 Å². The van der Waals surface area contributed by atoms with Crippen molar-refractivity contribution < 1.29 is 9.53 Å². The zero-order chi connectivity index (χ0) is 20.3. The highest BCUT2D eigenvalue weighted by Gasteiger charge is 2.18. The van der Waals surface area contributed by atoms with Gasteiger partial charge in [-0.25, -0.2) is 0 Å². The average molecular weight is 416 g/mol. The third kappa shape index (κ3) is 5.09. The molecule has 1 unspecified atom stereocenters.